The third-order valence-electron chi connectivity index (χ3n) is 2.16. The molecule has 0 aliphatic rings. The van der Waals surface area contributed by atoms with Crippen molar-refractivity contribution in [2.45, 2.75) is 20.5 Å². The van der Waals surface area contributed by atoms with E-state index >= 15 is 0 Å². The van der Waals surface area contributed by atoms with E-state index in [1.54, 1.807) is 0 Å². The lowest BCUT2D eigenvalue weighted by atomic mass is 10.2. The average Bonchev–Trinajstić information content (AvgIpc) is 2.25. The Balaban J connectivity index is 2.05. The molecular weight excluding hydrogens is 222 g/mol. The number of benzene rings is 1. The van der Waals surface area contributed by atoms with Crippen molar-refractivity contribution in [1.29, 1.82) is 0 Å². The van der Waals surface area contributed by atoms with Crippen LogP contribution in [0.1, 0.15) is 19.4 Å². The third-order valence-corrected chi connectivity index (χ3v) is 2.41. The zero-order valence-electron chi connectivity index (χ0n) is 10.0. The Labute approximate surface area is 103 Å². The first-order valence-electron chi connectivity index (χ1n) is 5.71. The molecule has 0 heterocycles. The van der Waals surface area contributed by atoms with Gasteiger partial charge in [0, 0.05) is 11.6 Å². The summed E-state index contributed by atoms with van der Waals surface area (Å²) in [6.07, 6.45) is 0. The van der Waals surface area contributed by atoms with Crippen molar-refractivity contribution in [3.8, 4) is 0 Å². The number of ether oxygens (including phenoxy) is 1. The second-order valence-corrected chi connectivity index (χ2v) is 4.71. The van der Waals surface area contributed by atoms with E-state index in [2.05, 4.69) is 19.2 Å². The molecule has 0 unspecified atom stereocenters. The molecule has 0 amide bonds. The molecule has 0 aliphatic carbocycles. The molecule has 1 aromatic carbocycles. The summed E-state index contributed by atoms with van der Waals surface area (Å²) in [5.41, 5.74) is 1.16. The van der Waals surface area contributed by atoms with Crippen LogP contribution in [0.3, 0.4) is 0 Å². The molecule has 0 aliphatic heterocycles. The van der Waals surface area contributed by atoms with E-state index in [9.17, 15) is 0 Å². The maximum absolute atomic E-state index is 5.79. The Hall–Kier alpha value is -0.570. The van der Waals surface area contributed by atoms with Crippen molar-refractivity contribution in [3.63, 3.8) is 0 Å². The minimum atomic E-state index is 0.653. The largest absolute Gasteiger partial charge is 0.375 e. The first-order valence-corrected chi connectivity index (χ1v) is 6.09. The fourth-order valence-corrected chi connectivity index (χ4v) is 1.43. The molecule has 0 bridgehead atoms. The molecule has 0 aromatic heterocycles. The van der Waals surface area contributed by atoms with Crippen molar-refractivity contribution in [2.24, 2.45) is 5.92 Å². The SMILES string of the molecule is CC(C)CNCCOCc1ccc(Cl)cc1. The van der Waals surface area contributed by atoms with Gasteiger partial charge in [-0.05, 0) is 30.2 Å². The maximum atomic E-state index is 5.79. The van der Waals surface area contributed by atoms with Crippen LogP contribution < -0.4 is 5.32 Å². The lowest BCUT2D eigenvalue weighted by Crippen LogP contribution is -2.23. The molecule has 0 saturated carbocycles. The number of halogens is 1. The van der Waals surface area contributed by atoms with Gasteiger partial charge in [-0.1, -0.05) is 37.6 Å². The second-order valence-electron chi connectivity index (χ2n) is 4.28. The topological polar surface area (TPSA) is 21.3 Å². The summed E-state index contributed by atoms with van der Waals surface area (Å²) in [5, 5.41) is 4.10. The molecule has 2 nitrogen and oxygen atoms in total. The normalized spacial score (nSPS) is 11.0. The quantitative estimate of drug-likeness (QED) is 0.741. The Bertz CT molecular complexity index is 284. The predicted octanol–water partition coefficient (Wildman–Crippen LogP) is 3.10. The Morgan fingerprint density at radius 1 is 1.25 bits per heavy atom. The fraction of sp³-hybridized carbons (Fsp3) is 0.538. The summed E-state index contributed by atoms with van der Waals surface area (Å²) in [6, 6.07) is 7.75. The van der Waals surface area contributed by atoms with Crippen LogP contribution in [-0.2, 0) is 11.3 Å². The summed E-state index contributed by atoms with van der Waals surface area (Å²) in [7, 11) is 0. The summed E-state index contributed by atoms with van der Waals surface area (Å²) >= 11 is 5.79. The summed E-state index contributed by atoms with van der Waals surface area (Å²) in [5.74, 6) is 0.691. The van der Waals surface area contributed by atoms with E-state index in [-0.39, 0.29) is 0 Å². The third kappa shape index (κ3) is 6.11. The van der Waals surface area contributed by atoms with Crippen molar-refractivity contribution < 1.29 is 4.74 Å². The van der Waals surface area contributed by atoms with Crippen LogP contribution in [0.5, 0.6) is 0 Å². The first kappa shape index (κ1) is 13.5. The van der Waals surface area contributed by atoms with E-state index in [1.165, 1.54) is 0 Å². The van der Waals surface area contributed by atoms with Crippen molar-refractivity contribution in [1.82, 2.24) is 5.32 Å². The maximum Gasteiger partial charge on any atom is 0.0717 e. The summed E-state index contributed by atoms with van der Waals surface area (Å²) in [6.45, 7) is 7.75. The number of rotatable bonds is 7. The van der Waals surface area contributed by atoms with E-state index in [0.717, 1.165) is 30.3 Å². The van der Waals surface area contributed by atoms with E-state index < -0.39 is 0 Å². The number of hydrogen-bond acceptors (Lipinski definition) is 2. The lowest BCUT2D eigenvalue weighted by Gasteiger charge is -2.08. The van der Waals surface area contributed by atoms with E-state index in [0.29, 0.717) is 12.5 Å². The van der Waals surface area contributed by atoms with Crippen LogP contribution in [0.25, 0.3) is 0 Å². The summed E-state index contributed by atoms with van der Waals surface area (Å²) in [4.78, 5) is 0. The zero-order valence-corrected chi connectivity index (χ0v) is 10.8. The molecule has 0 radical (unpaired) electrons. The van der Waals surface area contributed by atoms with Gasteiger partial charge in [0.05, 0.1) is 13.2 Å². The van der Waals surface area contributed by atoms with Gasteiger partial charge in [0.1, 0.15) is 0 Å². The molecule has 16 heavy (non-hydrogen) atoms. The predicted molar refractivity (Wildman–Crippen MR) is 68.8 cm³/mol. The smallest absolute Gasteiger partial charge is 0.0717 e. The van der Waals surface area contributed by atoms with E-state index in [1.807, 2.05) is 24.3 Å². The van der Waals surface area contributed by atoms with Crippen LogP contribution in [0.2, 0.25) is 5.02 Å². The first-order chi connectivity index (χ1) is 7.68. The summed E-state index contributed by atoms with van der Waals surface area (Å²) < 4.78 is 5.54. The Morgan fingerprint density at radius 2 is 1.94 bits per heavy atom. The van der Waals surface area contributed by atoms with E-state index in [4.69, 9.17) is 16.3 Å². The van der Waals surface area contributed by atoms with Gasteiger partial charge in [-0.15, -0.1) is 0 Å². The van der Waals surface area contributed by atoms with Gasteiger partial charge >= 0.3 is 0 Å². The second kappa shape index (κ2) is 7.66. The molecule has 0 spiro atoms. The van der Waals surface area contributed by atoms with Gasteiger partial charge in [-0.2, -0.15) is 0 Å². The highest BCUT2D eigenvalue weighted by molar-refractivity contribution is 6.30. The highest BCUT2D eigenvalue weighted by Gasteiger charge is 1.95. The van der Waals surface area contributed by atoms with Gasteiger partial charge < -0.3 is 10.1 Å². The van der Waals surface area contributed by atoms with Gasteiger partial charge in [-0.3, -0.25) is 0 Å². The average molecular weight is 242 g/mol. The Kier molecular flexibility index (Phi) is 6.46. The highest BCUT2D eigenvalue weighted by Crippen LogP contribution is 2.09. The lowest BCUT2D eigenvalue weighted by molar-refractivity contribution is 0.122. The molecule has 1 rings (SSSR count). The van der Waals surface area contributed by atoms with Crippen LogP contribution >= 0.6 is 11.6 Å². The Morgan fingerprint density at radius 3 is 2.56 bits per heavy atom. The van der Waals surface area contributed by atoms with Gasteiger partial charge in [0.15, 0.2) is 0 Å². The highest BCUT2D eigenvalue weighted by atomic mass is 35.5. The van der Waals surface area contributed by atoms with Gasteiger partial charge in [-0.25, -0.2) is 0 Å². The van der Waals surface area contributed by atoms with Crippen molar-refractivity contribution in [3.05, 3.63) is 34.9 Å². The minimum absolute atomic E-state index is 0.653. The molecule has 0 fully saturated rings. The monoisotopic (exact) mass is 241 g/mol. The molecule has 0 atom stereocenters. The molecular formula is C13H20ClNO. The number of hydrogen-bond donors (Lipinski definition) is 1. The van der Waals surface area contributed by atoms with Crippen molar-refractivity contribution in [2.75, 3.05) is 19.7 Å². The molecule has 90 valence electrons. The molecule has 3 heteroatoms. The standard InChI is InChI=1S/C13H20ClNO/c1-11(2)9-15-7-8-16-10-12-3-5-13(14)6-4-12/h3-6,11,15H,7-10H2,1-2H3. The van der Waals surface area contributed by atoms with Crippen LogP contribution in [0, 0.1) is 5.92 Å². The van der Waals surface area contributed by atoms with Gasteiger partial charge in [0.25, 0.3) is 0 Å². The van der Waals surface area contributed by atoms with Gasteiger partial charge in [0.2, 0.25) is 0 Å². The molecule has 1 N–H and O–H groups in total. The van der Waals surface area contributed by atoms with Crippen molar-refractivity contribution >= 4 is 11.6 Å². The zero-order chi connectivity index (χ0) is 11.8. The molecule has 0 saturated heterocycles. The van der Waals surface area contributed by atoms with Crippen LogP contribution in [-0.4, -0.2) is 19.7 Å². The fourth-order valence-electron chi connectivity index (χ4n) is 1.31. The molecule has 1 aromatic rings. The number of nitrogens with one attached hydrogen (secondary N) is 1. The minimum Gasteiger partial charge on any atom is -0.375 e. The van der Waals surface area contributed by atoms with Crippen LogP contribution in [0.15, 0.2) is 24.3 Å². The van der Waals surface area contributed by atoms with Crippen LogP contribution in [0.4, 0.5) is 0 Å².